The van der Waals surface area contributed by atoms with Crippen molar-refractivity contribution in [2.24, 2.45) is 0 Å². The van der Waals surface area contributed by atoms with Gasteiger partial charge < -0.3 is 10.1 Å². The second-order valence-electron chi connectivity index (χ2n) is 5.88. The minimum atomic E-state index is -3.87. The third kappa shape index (κ3) is 6.21. The lowest BCUT2D eigenvalue weighted by molar-refractivity contribution is -0.119. The molecular weight excluding hydrogens is 378 g/mol. The fraction of sp³-hybridized carbons (Fsp3) is 0.278. The average Bonchev–Trinajstić information content (AvgIpc) is 2.58. The van der Waals surface area contributed by atoms with E-state index >= 15 is 0 Å². The van der Waals surface area contributed by atoms with Gasteiger partial charge in [0.15, 0.2) is 11.6 Å². The first kappa shape index (κ1) is 20.6. The molecule has 9 heteroatoms. The number of carbonyl (C=O) groups excluding carboxylic acids is 1. The van der Waals surface area contributed by atoms with Gasteiger partial charge in [-0.25, -0.2) is 17.2 Å². The summed E-state index contributed by atoms with van der Waals surface area (Å²) in [6.45, 7) is 1.71. The molecule has 27 heavy (non-hydrogen) atoms. The molecule has 0 radical (unpaired) electrons. The lowest BCUT2D eigenvalue weighted by Crippen LogP contribution is -2.41. The molecule has 2 aromatic carbocycles. The summed E-state index contributed by atoms with van der Waals surface area (Å²) in [4.78, 5) is 12.1. The predicted molar refractivity (Wildman–Crippen MR) is 98.2 cm³/mol. The van der Waals surface area contributed by atoms with Gasteiger partial charge in [-0.15, -0.1) is 0 Å². The summed E-state index contributed by atoms with van der Waals surface area (Å²) >= 11 is 0. The molecule has 0 fully saturated rings. The van der Waals surface area contributed by atoms with Gasteiger partial charge in [0.1, 0.15) is 18.9 Å². The van der Waals surface area contributed by atoms with Gasteiger partial charge in [-0.1, -0.05) is 12.1 Å². The van der Waals surface area contributed by atoms with E-state index in [2.05, 4.69) is 5.32 Å². The fourth-order valence-corrected chi connectivity index (χ4v) is 3.14. The Morgan fingerprint density at radius 1 is 1.15 bits per heavy atom. The van der Waals surface area contributed by atoms with Crippen molar-refractivity contribution in [2.75, 3.05) is 30.3 Å². The summed E-state index contributed by atoms with van der Waals surface area (Å²) in [6, 6.07) is 10.0. The summed E-state index contributed by atoms with van der Waals surface area (Å²) in [5.41, 5.74) is 0.898. The summed E-state index contributed by atoms with van der Waals surface area (Å²) in [6.07, 6.45) is 0.877. The van der Waals surface area contributed by atoms with E-state index < -0.39 is 34.1 Å². The van der Waals surface area contributed by atoms with Crippen molar-refractivity contribution in [3.8, 4) is 5.75 Å². The van der Waals surface area contributed by atoms with Crippen LogP contribution in [0.5, 0.6) is 5.75 Å². The van der Waals surface area contributed by atoms with Crippen molar-refractivity contribution in [1.29, 1.82) is 0 Å². The molecule has 1 N–H and O–H groups in total. The number of hydrogen-bond acceptors (Lipinski definition) is 4. The van der Waals surface area contributed by atoms with E-state index in [1.165, 1.54) is 0 Å². The molecule has 0 atom stereocenters. The second kappa shape index (κ2) is 8.81. The molecule has 146 valence electrons. The van der Waals surface area contributed by atoms with Crippen LogP contribution in [-0.2, 0) is 14.8 Å². The minimum absolute atomic E-state index is 0.137. The number of aryl methyl sites for hydroxylation is 1. The summed E-state index contributed by atoms with van der Waals surface area (Å²) < 4.78 is 56.5. The highest BCUT2D eigenvalue weighted by Crippen LogP contribution is 2.20. The van der Waals surface area contributed by atoms with E-state index in [0.29, 0.717) is 10.1 Å². The molecule has 0 saturated heterocycles. The molecule has 0 bridgehead atoms. The van der Waals surface area contributed by atoms with Crippen LogP contribution < -0.4 is 14.4 Å². The smallest absolute Gasteiger partial charge is 0.240 e. The first-order valence-corrected chi connectivity index (χ1v) is 9.90. The van der Waals surface area contributed by atoms with Crippen LogP contribution in [0.1, 0.15) is 5.56 Å². The number of anilines is 1. The monoisotopic (exact) mass is 398 g/mol. The zero-order valence-corrected chi connectivity index (χ0v) is 15.7. The SMILES string of the molecule is Cc1cccc(OCCNC(=O)CN(c2ccc(F)c(F)c2)S(C)(=O)=O)c1. The summed E-state index contributed by atoms with van der Waals surface area (Å²) in [5.74, 6) is -2.25. The van der Waals surface area contributed by atoms with Gasteiger partial charge in [-0.05, 0) is 36.8 Å². The molecule has 0 unspecified atom stereocenters. The Labute approximate surface area is 156 Å². The van der Waals surface area contributed by atoms with Crippen molar-refractivity contribution < 1.29 is 26.7 Å². The predicted octanol–water partition coefficient (Wildman–Crippen LogP) is 2.23. The van der Waals surface area contributed by atoms with E-state index in [4.69, 9.17) is 4.74 Å². The van der Waals surface area contributed by atoms with Crippen LogP contribution in [-0.4, -0.2) is 40.3 Å². The molecule has 0 spiro atoms. The average molecular weight is 398 g/mol. The first-order valence-electron chi connectivity index (χ1n) is 8.06. The van der Waals surface area contributed by atoms with Crippen LogP contribution >= 0.6 is 0 Å². The number of benzene rings is 2. The molecule has 0 aliphatic rings. The van der Waals surface area contributed by atoms with Crippen LogP contribution in [0.15, 0.2) is 42.5 Å². The minimum Gasteiger partial charge on any atom is -0.492 e. The zero-order valence-electron chi connectivity index (χ0n) is 14.9. The van der Waals surface area contributed by atoms with E-state index in [9.17, 15) is 22.0 Å². The number of sulfonamides is 1. The Bertz CT molecular complexity index is 919. The molecular formula is C18H20F2N2O4S. The highest BCUT2D eigenvalue weighted by Gasteiger charge is 2.21. The Balaban J connectivity index is 1.93. The molecule has 1 amide bonds. The van der Waals surface area contributed by atoms with E-state index in [0.717, 1.165) is 30.0 Å². The number of carbonyl (C=O) groups is 1. The Kier molecular flexibility index (Phi) is 6.73. The van der Waals surface area contributed by atoms with Crippen LogP contribution in [0, 0.1) is 18.6 Å². The highest BCUT2D eigenvalue weighted by molar-refractivity contribution is 7.92. The Morgan fingerprint density at radius 3 is 2.52 bits per heavy atom. The number of ether oxygens (including phenoxy) is 1. The third-order valence-electron chi connectivity index (χ3n) is 3.56. The maximum Gasteiger partial charge on any atom is 0.240 e. The normalized spacial score (nSPS) is 11.1. The van der Waals surface area contributed by atoms with Gasteiger partial charge >= 0.3 is 0 Å². The number of nitrogens with one attached hydrogen (secondary N) is 1. The van der Waals surface area contributed by atoms with Gasteiger partial charge in [0.2, 0.25) is 15.9 Å². The van der Waals surface area contributed by atoms with Crippen LogP contribution in [0.25, 0.3) is 0 Å². The van der Waals surface area contributed by atoms with Crippen molar-refractivity contribution in [1.82, 2.24) is 5.32 Å². The fourth-order valence-electron chi connectivity index (χ4n) is 2.29. The third-order valence-corrected chi connectivity index (χ3v) is 4.70. The maximum atomic E-state index is 13.4. The number of nitrogens with zero attached hydrogens (tertiary/aromatic N) is 1. The first-order chi connectivity index (χ1) is 12.7. The molecule has 2 aromatic rings. The van der Waals surface area contributed by atoms with Gasteiger partial charge in [0.25, 0.3) is 0 Å². The summed E-state index contributed by atoms with van der Waals surface area (Å²) in [7, 11) is -3.87. The maximum absolute atomic E-state index is 13.4. The number of amides is 1. The molecule has 6 nitrogen and oxygen atoms in total. The molecule has 0 aromatic heterocycles. The molecule has 0 aliphatic heterocycles. The van der Waals surface area contributed by atoms with Crippen molar-refractivity contribution in [3.05, 3.63) is 59.7 Å². The Hall–Kier alpha value is -2.68. The van der Waals surface area contributed by atoms with Crippen LogP contribution in [0.2, 0.25) is 0 Å². The molecule has 0 aliphatic carbocycles. The molecule has 0 saturated carbocycles. The van der Waals surface area contributed by atoms with E-state index in [1.807, 2.05) is 25.1 Å². The quantitative estimate of drug-likeness (QED) is 0.692. The van der Waals surface area contributed by atoms with E-state index in [-0.39, 0.29) is 18.8 Å². The number of rotatable bonds is 8. The highest BCUT2D eigenvalue weighted by atomic mass is 32.2. The van der Waals surface area contributed by atoms with E-state index in [1.54, 1.807) is 6.07 Å². The van der Waals surface area contributed by atoms with Crippen molar-refractivity contribution in [2.45, 2.75) is 6.92 Å². The second-order valence-corrected chi connectivity index (χ2v) is 7.79. The molecule has 0 heterocycles. The molecule has 2 rings (SSSR count). The van der Waals surface area contributed by atoms with Gasteiger partial charge in [-0.2, -0.15) is 0 Å². The number of halogens is 2. The van der Waals surface area contributed by atoms with Crippen molar-refractivity contribution in [3.63, 3.8) is 0 Å². The van der Waals surface area contributed by atoms with Gasteiger partial charge in [0.05, 0.1) is 18.5 Å². The van der Waals surface area contributed by atoms with Crippen molar-refractivity contribution >= 4 is 21.6 Å². The lowest BCUT2D eigenvalue weighted by Gasteiger charge is -2.22. The van der Waals surface area contributed by atoms with Gasteiger partial charge in [0, 0.05) is 6.07 Å². The zero-order chi connectivity index (χ0) is 20.0. The van der Waals surface area contributed by atoms with Crippen LogP contribution in [0.4, 0.5) is 14.5 Å². The lowest BCUT2D eigenvalue weighted by atomic mass is 10.2. The van der Waals surface area contributed by atoms with Gasteiger partial charge in [-0.3, -0.25) is 9.10 Å². The van der Waals surface area contributed by atoms with Crippen LogP contribution in [0.3, 0.4) is 0 Å². The standard InChI is InChI=1S/C18H20F2N2O4S/c1-13-4-3-5-15(10-13)26-9-8-21-18(23)12-22(27(2,24)25)14-6-7-16(19)17(20)11-14/h3-7,10-11H,8-9,12H2,1-2H3,(H,21,23). The summed E-state index contributed by atoms with van der Waals surface area (Å²) in [5, 5.41) is 2.53. The Morgan fingerprint density at radius 2 is 1.89 bits per heavy atom. The largest absolute Gasteiger partial charge is 0.492 e. The number of hydrogen-bond donors (Lipinski definition) is 1. The topological polar surface area (TPSA) is 75.7 Å².